The molecule has 1 N–H and O–H groups in total. The van der Waals surface area contributed by atoms with Gasteiger partial charge in [0, 0.05) is 32.2 Å². The van der Waals surface area contributed by atoms with E-state index in [1.54, 1.807) is 44.4 Å². The summed E-state index contributed by atoms with van der Waals surface area (Å²) >= 11 is 0. The molecule has 8 nitrogen and oxygen atoms in total. The molecule has 1 fully saturated rings. The van der Waals surface area contributed by atoms with Crippen LogP contribution in [0.1, 0.15) is 6.92 Å². The van der Waals surface area contributed by atoms with Crippen molar-refractivity contribution in [2.24, 2.45) is 0 Å². The number of amides is 1. The van der Waals surface area contributed by atoms with Crippen molar-refractivity contribution in [1.29, 1.82) is 0 Å². The van der Waals surface area contributed by atoms with Crippen molar-refractivity contribution < 1.29 is 14.3 Å². The third-order valence-corrected chi connectivity index (χ3v) is 4.47. The number of ether oxygens (including phenoxy) is 2. The summed E-state index contributed by atoms with van der Waals surface area (Å²) in [6, 6.07) is 8.89. The largest absolute Gasteiger partial charge is 0.497 e. The Hall–Kier alpha value is -2.87. The maximum atomic E-state index is 12.4. The minimum atomic E-state index is -0.666. The molecule has 0 radical (unpaired) electrons. The molecule has 2 aromatic rings. The predicted molar refractivity (Wildman–Crippen MR) is 103 cm³/mol. The van der Waals surface area contributed by atoms with Gasteiger partial charge in [0.2, 0.25) is 0 Å². The first kappa shape index (κ1) is 18.9. The van der Waals surface area contributed by atoms with Crippen LogP contribution in [0.25, 0.3) is 0 Å². The number of hydrogen-bond donors (Lipinski definition) is 1. The van der Waals surface area contributed by atoms with E-state index in [2.05, 4.69) is 32.1 Å². The van der Waals surface area contributed by atoms with Gasteiger partial charge in [0.1, 0.15) is 29.5 Å². The summed E-state index contributed by atoms with van der Waals surface area (Å²) in [7, 11) is 3.71. The molecule has 1 aromatic heterocycles. The fourth-order valence-electron chi connectivity index (χ4n) is 2.76. The quantitative estimate of drug-likeness (QED) is 0.827. The van der Waals surface area contributed by atoms with Crippen molar-refractivity contribution >= 4 is 17.5 Å². The van der Waals surface area contributed by atoms with Crippen LogP contribution in [0.2, 0.25) is 0 Å². The van der Waals surface area contributed by atoms with E-state index in [0.29, 0.717) is 11.6 Å². The molecule has 1 atom stereocenters. The molecule has 1 aromatic carbocycles. The van der Waals surface area contributed by atoms with Crippen molar-refractivity contribution in [3.63, 3.8) is 0 Å². The molecule has 0 spiro atoms. The number of hydrogen-bond acceptors (Lipinski definition) is 7. The first-order valence-corrected chi connectivity index (χ1v) is 8.92. The van der Waals surface area contributed by atoms with Gasteiger partial charge in [0.15, 0.2) is 6.10 Å². The first-order chi connectivity index (χ1) is 13.0. The second-order valence-corrected chi connectivity index (χ2v) is 6.48. The molecule has 0 aliphatic carbocycles. The van der Waals surface area contributed by atoms with E-state index in [-0.39, 0.29) is 5.91 Å². The fraction of sp³-hybridized carbons (Fsp3) is 0.421. The van der Waals surface area contributed by atoms with Crippen LogP contribution in [0.3, 0.4) is 0 Å². The van der Waals surface area contributed by atoms with Crippen molar-refractivity contribution in [2.75, 3.05) is 50.6 Å². The number of likely N-dealkylation sites (N-methyl/N-ethyl adjacent to an activating group) is 1. The molecule has 1 amide bonds. The highest BCUT2D eigenvalue weighted by Gasteiger charge is 2.18. The topological polar surface area (TPSA) is 79.8 Å². The average Bonchev–Trinajstić information content (AvgIpc) is 2.69. The number of carbonyl (C=O) groups is 1. The highest BCUT2D eigenvalue weighted by Crippen LogP contribution is 2.19. The van der Waals surface area contributed by atoms with Crippen LogP contribution in [0, 0.1) is 0 Å². The zero-order valence-electron chi connectivity index (χ0n) is 15.9. The minimum Gasteiger partial charge on any atom is -0.497 e. The van der Waals surface area contributed by atoms with Crippen LogP contribution in [0.4, 0.5) is 11.6 Å². The van der Waals surface area contributed by atoms with Crippen molar-refractivity contribution in [3.8, 4) is 11.5 Å². The first-order valence-electron chi connectivity index (χ1n) is 8.92. The second kappa shape index (κ2) is 8.68. The van der Waals surface area contributed by atoms with Gasteiger partial charge in [-0.25, -0.2) is 9.97 Å². The normalized spacial score (nSPS) is 15.9. The lowest BCUT2D eigenvalue weighted by atomic mass is 10.3. The van der Waals surface area contributed by atoms with E-state index in [1.165, 1.54) is 6.33 Å². The smallest absolute Gasteiger partial charge is 0.266 e. The van der Waals surface area contributed by atoms with Gasteiger partial charge in [-0.15, -0.1) is 0 Å². The van der Waals surface area contributed by atoms with E-state index in [9.17, 15) is 4.79 Å². The number of rotatable bonds is 6. The molecule has 1 unspecified atom stereocenters. The molecular weight excluding hydrogens is 346 g/mol. The van der Waals surface area contributed by atoms with Crippen LogP contribution in [0.5, 0.6) is 11.5 Å². The number of methoxy groups -OCH3 is 1. The Kier molecular flexibility index (Phi) is 6.08. The van der Waals surface area contributed by atoms with Gasteiger partial charge in [-0.05, 0) is 38.2 Å². The van der Waals surface area contributed by atoms with E-state index in [1.807, 2.05) is 0 Å². The molecule has 8 heteroatoms. The van der Waals surface area contributed by atoms with Crippen LogP contribution < -0.4 is 19.7 Å². The average molecular weight is 371 g/mol. The summed E-state index contributed by atoms with van der Waals surface area (Å²) in [6.07, 6.45) is 0.804. The molecule has 1 saturated heterocycles. The minimum absolute atomic E-state index is 0.270. The zero-order chi connectivity index (χ0) is 19.2. The molecule has 3 rings (SSSR count). The van der Waals surface area contributed by atoms with Gasteiger partial charge in [0.25, 0.3) is 5.91 Å². The van der Waals surface area contributed by atoms with E-state index in [4.69, 9.17) is 9.47 Å². The maximum Gasteiger partial charge on any atom is 0.266 e. The summed E-state index contributed by atoms with van der Waals surface area (Å²) in [5, 5.41) is 2.80. The predicted octanol–water partition coefficient (Wildman–Crippen LogP) is 1.64. The number of carbonyl (C=O) groups excluding carboxylic acids is 1. The Morgan fingerprint density at radius 1 is 1.11 bits per heavy atom. The number of benzene rings is 1. The highest BCUT2D eigenvalue weighted by molar-refractivity contribution is 5.93. The summed E-state index contributed by atoms with van der Waals surface area (Å²) < 4.78 is 10.8. The number of aromatic nitrogens is 2. The maximum absolute atomic E-state index is 12.4. The molecule has 0 bridgehead atoms. The van der Waals surface area contributed by atoms with Gasteiger partial charge >= 0.3 is 0 Å². The lowest BCUT2D eigenvalue weighted by Crippen LogP contribution is -2.44. The summed E-state index contributed by atoms with van der Waals surface area (Å²) in [6.45, 7) is 5.47. The lowest BCUT2D eigenvalue weighted by Gasteiger charge is -2.33. The Morgan fingerprint density at radius 3 is 2.44 bits per heavy atom. The molecule has 144 valence electrons. The molecule has 2 heterocycles. The number of nitrogens with one attached hydrogen (secondary N) is 1. The SMILES string of the molecule is COc1ccc(OC(C)C(=O)Nc2cc(N3CCN(C)CC3)ncn2)cc1. The van der Waals surface area contributed by atoms with Crippen LogP contribution in [-0.2, 0) is 4.79 Å². The monoisotopic (exact) mass is 371 g/mol. The lowest BCUT2D eigenvalue weighted by molar-refractivity contribution is -0.122. The van der Waals surface area contributed by atoms with E-state index in [0.717, 1.165) is 37.7 Å². The van der Waals surface area contributed by atoms with Crippen molar-refractivity contribution in [1.82, 2.24) is 14.9 Å². The summed E-state index contributed by atoms with van der Waals surface area (Å²) in [4.78, 5) is 25.4. The van der Waals surface area contributed by atoms with Gasteiger partial charge in [0.05, 0.1) is 7.11 Å². The van der Waals surface area contributed by atoms with Gasteiger partial charge in [-0.2, -0.15) is 0 Å². The van der Waals surface area contributed by atoms with Crippen LogP contribution >= 0.6 is 0 Å². The highest BCUT2D eigenvalue weighted by atomic mass is 16.5. The summed E-state index contributed by atoms with van der Waals surface area (Å²) in [5.41, 5.74) is 0. The Balaban J connectivity index is 1.58. The van der Waals surface area contributed by atoms with Crippen LogP contribution in [0.15, 0.2) is 36.7 Å². The Morgan fingerprint density at radius 2 is 1.78 bits per heavy atom. The van der Waals surface area contributed by atoms with E-state index < -0.39 is 6.10 Å². The summed E-state index contributed by atoms with van der Waals surface area (Å²) in [5.74, 6) is 2.34. The Bertz CT molecular complexity index is 760. The molecule has 1 aliphatic heterocycles. The van der Waals surface area contributed by atoms with Gasteiger partial charge < -0.3 is 24.6 Å². The number of piperazine rings is 1. The molecular formula is C19H25N5O3. The fourth-order valence-corrected chi connectivity index (χ4v) is 2.76. The second-order valence-electron chi connectivity index (χ2n) is 6.48. The van der Waals surface area contributed by atoms with Crippen molar-refractivity contribution in [2.45, 2.75) is 13.0 Å². The third kappa shape index (κ3) is 5.07. The molecule has 0 saturated carbocycles. The standard InChI is InChI=1S/C19H25N5O3/c1-14(27-16-6-4-15(26-3)5-7-16)19(25)22-17-12-18(21-13-20-17)24-10-8-23(2)9-11-24/h4-7,12-14H,8-11H2,1-3H3,(H,20,21,22,25). The van der Waals surface area contributed by atoms with Gasteiger partial charge in [-0.3, -0.25) is 4.79 Å². The number of nitrogens with zero attached hydrogens (tertiary/aromatic N) is 4. The molecule has 27 heavy (non-hydrogen) atoms. The third-order valence-electron chi connectivity index (χ3n) is 4.47. The Labute approximate surface area is 159 Å². The van der Waals surface area contributed by atoms with E-state index >= 15 is 0 Å². The number of anilines is 2. The molecule has 1 aliphatic rings. The van der Waals surface area contributed by atoms with Crippen molar-refractivity contribution in [3.05, 3.63) is 36.7 Å². The van der Waals surface area contributed by atoms with Gasteiger partial charge in [-0.1, -0.05) is 0 Å². The zero-order valence-corrected chi connectivity index (χ0v) is 15.9. The van der Waals surface area contributed by atoms with Crippen LogP contribution in [-0.4, -0.2) is 67.2 Å².